The number of aryl methyl sites for hydroxylation is 6. The van der Waals surface area contributed by atoms with E-state index in [4.69, 9.17) is 16.3 Å². The van der Waals surface area contributed by atoms with Gasteiger partial charge in [-0.15, -0.1) is 0 Å². The van der Waals surface area contributed by atoms with Crippen LogP contribution in [0.1, 0.15) is 133 Å². The van der Waals surface area contributed by atoms with Crippen molar-refractivity contribution in [1.29, 1.82) is 0 Å². The van der Waals surface area contributed by atoms with Crippen molar-refractivity contribution in [2.45, 2.75) is 121 Å². The van der Waals surface area contributed by atoms with E-state index in [9.17, 15) is 9.59 Å². The molecule has 3 radical (unpaired) electrons. The van der Waals surface area contributed by atoms with Gasteiger partial charge in [-0.05, 0) is 209 Å². The predicted octanol–water partition coefficient (Wildman–Crippen LogP) is 14.5. The number of piperidine rings is 1. The molecule has 0 unspecified atom stereocenters. The summed E-state index contributed by atoms with van der Waals surface area (Å²) in [5.41, 5.74) is 23.8. The molecule has 4 aromatic carbocycles. The summed E-state index contributed by atoms with van der Waals surface area (Å²) in [5.74, 6) is 0.682. The number of nitrogens with zero attached hydrogens (tertiary/aromatic N) is 10. The second-order valence-electron chi connectivity index (χ2n) is 28.2. The monoisotopic (exact) mass is 1670 g/mol. The zero-order valence-corrected chi connectivity index (χ0v) is 72.2. The number of benzene rings is 4. The number of hydrogen-bond donors (Lipinski definition) is 2. The van der Waals surface area contributed by atoms with Gasteiger partial charge in [-0.3, -0.25) is 39.8 Å². The Labute approximate surface area is 742 Å². The van der Waals surface area contributed by atoms with E-state index in [0.717, 1.165) is 128 Å². The Morgan fingerprint density at radius 2 is 0.856 bits per heavy atom. The minimum absolute atomic E-state index is 0. The van der Waals surface area contributed by atoms with Gasteiger partial charge in [0.25, 0.3) is 0 Å². The SMILES string of the molecule is C.C.Cc1ccc(-c2cc[n+](Cc3ccccc3)cc2)nc1.Cc1ccc(-c2ccncc2)nc1.Cc1ccc(C2=CCN(C(=O)OCc3ccccc3)CC2)nc1.Cc1ccc(C2=CCN(Cc3ccccc3)CC2)nc1.Cc1ccc(C2=CCNCC2)nc1.Cc1ccc(C2CCNCC2)nc1.O=C(Cl)OCc1ccccc1.[B].[Br-].[H-].[Na+]. The van der Waals surface area contributed by atoms with Gasteiger partial charge in [0, 0.05) is 149 Å². The predicted molar refractivity (Wildman–Crippen MR) is 476 cm³/mol. The Bertz CT molecular complexity index is 4880. The molecule has 1 saturated heterocycles. The number of carbonyl (C=O) groups excluding carboxylic acids is 2. The number of pyridine rings is 8. The summed E-state index contributed by atoms with van der Waals surface area (Å²) in [6.45, 7) is 22.5. The average Bonchev–Trinajstić information content (AvgIpc) is 0.866. The summed E-state index contributed by atoms with van der Waals surface area (Å²) >= 11 is 4.97. The van der Waals surface area contributed by atoms with Crippen molar-refractivity contribution in [2.24, 2.45) is 0 Å². The fourth-order valence-electron chi connectivity index (χ4n) is 12.5. The molecular weight excluding hydrogens is 1560 g/mol. The molecule has 4 aliphatic rings. The summed E-state index contributed by atoms with van der Waals surface area (Å²) < 4.78 is 12.1. The number of ether oxygens (including phenoxy) is 2. The van der Waals surface area contributed by atoms with Gasteiger partial charge < -0.3 is 43.4 Å². The molecule has 607 valence electrons. The first-order chi connectivity index (χ1) is 55.2. The van der Waals surface area contributed by atoms with Crippen molar-refractivity contribution in [3.8, 4) is 22.5 Å². The molecule has 4 aliphatic heterocycles. The molecule has 16 nitrogen and oxygen atoms in total. The zero-order chi connectivity index (χ0) is 79.0. The van der Waals surface area contributed by atoms with Crippen LogP contribution in [-0.4, -0.2) is 117 Å². The van der Waals surface area contributed by atoms with Gasteiger partial charge in [-0.2, -0.15) is 0 Å². The molecule has 0 spiro atoms. The van der Waals surface area contributed by atoms with Crippen LogP contribution in [0.2, 0.25) is 0 Å². The van der Waals surface area contributed by atoms with E-state index in [0.29, 0.717) is 25.6 Å². The number of halogens is 2. The molecule has 0 bridgehead atoms. The average molecular weight is 1670 g/mol. The Kier molecular flexibility index (Phi) is 45.6. The maximum absolute atomic E-state index is 12.1. The molecule has 0 saturated carbocycles. The van der Waals surface area contributed by atoms with Crippen LogP contribution >= 0.6 is 11.6 Å². The second kappa shape index (κ2) is 54.7. The molecule has 0 atom stereocenters. The second-order valence-corrected chi connectivity index (χ2v) is 28.5. The Hall–Kier alpha value is -10.2. The standard InChI is InChI=1S/C19H20N2O2.C18H20N2.C18H17N2.C11H16N2.C11H14N2.C11H10N2.C8H7ClO2.2CH4.B.BrH.Na.H/c1-15-7-8-18(20-13-15)17-9-11-21(12-10-17)19(22)23-14-16-5-3-2-4-6-16;2*1-15-7-8-18(19-13-15)17-9-11-20(12-10-17)14-16-5-3-2-4-6-16;3*1-9-2-3-11(13-8-9)10-4-6-12-7-5-10;9-8(10)11-6-7-4-2-1-3-5-7;;;;;;/h2-9,13H,10-12,14H2,1H3;2-9,13H,10-12,14H2,1H3;2-13H,14H2,1H3;2-3,8,10,12H,4-7H2,1H3;2-4,8,12H,5-7H2,1H3;2-8H,1H3;1-5H,6H2;2*1H4;;1H;;/q;;+1;;;;;;;;;+1;-1/p-1. The number of nitrogens with one attached hydrogen (secondary N) is 2. The molecule has 0 aliphatic carbocycles. The van der Waals surface area contributed by atoms with E-state index in [2.05, 4.69) is 245 Å². The number of amides is 1. The first-order valence-electron chi connectivity index (χ1n) is 38.8. The largest absolute Gasteiger partial charge is 1.00 e. The van der Waals surface area contributed by atoms with Gasteiger partial charge in [-0.1, -0.05) is 191 Å². The summed E-state index contributed by atoms with van der Waals surface area (Å²) in [6, 6.07) is 73.5. The molecule has 1 fully saturated rings. The molecule has 16 rings (SSSR count). The molecule has 118 heavy (non-hydrogen) atoms. The first kappa shape index (κ1) is 98.3. The van der Waals surface area contributed by atoms with Crippen LogP contribution < -0.4 is 61.7 Å². The molecule has 12 heterocycles. The molecule has 2 N–H and O–H groups in total. The normalized spacial score (nSPS) is 13.1. The Balaban J connectivity index is 0.000000294. The van der Waals surface area contributed by atoms with Crippen molar-refractivity contribution in [3.05, 3.63) is 377 Å². The first-order valence-corrected chi connectivity index (χ1v) is 39.2. The molecule has 12 aromatic rings. The maximum atomic E-state index is 12.1. The molecular formula is C98H113BBrClN12NaO4. The molecule has 8 aromatic heterocycles. The van der Waals surface area contributed by atoms with Crippen LogP contribution in [0.5, 0.6) is 0 Å². The van der Waals surface area contributed by atoms with Crippen LogP contribution in [-0.2, 0) is 35.8 Å². The Morgan fingerprint density at radius 1 is 0.449 bits per heavy atom. The quantitative estimate of drug-likeness (QED) is 0.0597. The minimum atomic E-state index is -0.770. The van der Waals surface area contributed by atoms with E-state index >= 15 is 0 Å². The number of hydrogen-bond acceptors (Lipinski definition) is 14. The number of aromatic nitrogens is 8. The number of carbonyl (C=O) groups is 2. The smallest absolute Gasteiger partial charge is 1.00 e. The van der Waals surface area contributed by atoms with E-state index in [1.807, 2.05) is 142 Å². The zero-order valence-electron chi connectivity index (χ0n) is 68.8. The summed E-state index contributed by atoms with van der Waals surface area (Å²) in [7, 11) is 0. The van der Waals surface area contributed by atoms with E-state index < -0.39 is 5.43 Å². The van der Waals surface area contributed by atoms with Crippen molar-refractivity contribution in [3.63, 3.8) is 0 Å². The topological polar surface area (TPSA) is 177 Å². The van der Waals surface area contributed by atoms with Gasteiger partial charge in [-0.25, -0.2) is 14.2 Å². The van der Waals surface area contributed by atoms with Gasteiger partial charge in [0.15, 0.2) is 18.9 Å². The fraction of sp³-hybridized carbons (Fsp3) is 0.265. The van der Waals surface area contributed by atoms with Crippen molar-refractivity contribution in [1.82, 2.24) is 55.3 Å². The fourth-order valence-corrected chi connectivity index (χ4v) is 12.6. The van der Waals surface area contributed by atoms with E-state index in [-0.39, 0.29) is 83.9 Å². The summed E-state index contributed by atoms with van der Waals surface area (Å²) in [4.78, 5) is 57.1. The van der Waals surface area contributed by atoms with Crippen LogP contribution in [0.25, 0.3) is 39.2 Å². The van der Waals surface area contributed by atoms with Crippen LogP contribution in [0.15, 0.2) is 299 Å². The third kappa shape index (κ3) is 35.1. The van der Waals surface area contributed by atoms with Crippen LogP contribution in [0.4, 0.5) is 9.59 Å². The van der Waals surface area contributed by atoms with Crippen LogP contribution in [0, 0.1) is 41.5 Å². The summed E-state index contributed by atoms with van der Waals surface area (Å²) in [6.07, 6.45) is 31.0. The Morgan fingerprint density at radius 3 is 1.25 bits per heavy atom. The molecule has 20 heteroatoms. The van der Waals surface area contributed by atoms with Gasteiger partial charge in [0.05, 0.1) is 28.5 Å². The molecule has 1 amide bonds. The maximum Gasteiger partial charge on any atom is 1.00 e. The van der Waals surface area contributed by atoms with E-state index in [1.54, 1.807) is 17.3 Å². The third-order valence-corrected chi connectivity index (χ3v) is 19.2. The van der Waals surface area contributed by atoms with Crippen molar-refractivity contribution in [2.75, 3.05) is 52.4 Å². The number of rotatable bonds is 14. The summed E-state index contributed by atoms with van der Waals surface area (Å²) in [5, 5.41) is 6.66. The third-order valence-electron chi connectivity index (χ3n) is 19.1. The van der Waals surface area contributed by atoms with Crippen molar-refractivity contribution < 1.29 is 71.6 Å². The van der Waals surface area contributed by atoms with Crippen LogP contribution in [0.3, 0.4) is 0 Å². The van der Waals surface area contributed by atoms with Gasteiger partial charge in [0.1, 0.15) is 13.2 Å². The van der Waals surface area contributed by atoms with Crippen molar-refractivity contribution >= 4 is 48.3 Å². The van der Waals surface area contributed by atoms with E-state index in [1.165, 1.54) is 74.2 Å². The van der Waals surface area contributed by atoms with Gasteiger partial charge in [0.2, 0.25) is 0 Å². The minimum Gasteiger partial charge on any atom is -1.00 e. The van der Waals surface area contributed by atoms with Gasteiger partial charge >= 0.3 is 41.1 Å².